The van der Waals surface area contributed by atoms with Gasteiger partial charge in [0.15, 0.2) is 11.6 Å². The number of halogens is 2. The first-order valence-electron chi connectivity index (χ1n) is 6.45. The molecule has 2 atom stereocenters. The lowest BCUT2D eigenvalue weighted by Crippen LogP contribution is -2.27. The lowest BCUT2D eigenvalue weighted by Gasteiger charge is -2.25. The summed E-state index contributed by atoms with van der Waals surface area (Å²) in [6, 6.07) is 4.34. The molecule has 0 radical (unpaired) electrons. The molecule has 1 heterocycles. The molecule has 1 aliphatic heterocycles. The van der Waals surface area contributed by atoms with Crippen molar-refractivity contribution in [2.24, 2.45) is 5.92 Å². The molecule has 1 aliphatic rings. The Hall–Kier alpha value is -1.00. The van der Waals surface area contributed by atoms with Crippen molar-refractivity contribution in [3.8, 4) is 0 Å². The van der Waals surface area contributed by atoms with E-state index in [0.29, 0.717) is 5.92 Å². The highest BCUT2D eigenvalue weighted by Gasteiger charge is 2.26. The van der Waals surface area contributed by atoms with E-state index < -0.39 is 11.6 Å². The highest BCUT2D eigenvalue weighted by atomic mass is 19.2. The van der Waals surface area contributed by atoms with Crippen molar-refractivity contribution >= 4 is 0 Å². The molecule has 1 N–H and O–H groups in total. The molecule has 4 heteroatoms. The predicted molar refractivity (Wildman–Crippen MR) is 68.4 cm³/mol. The molecule has 1 aromatic carbocycles. The van der Waals surface area contributed by atoms with Crippen LogP contribution in [0.5, 0.6) is 0 Å². The van der Waals surface area contributed by atoms with Gasteiger partial charge in [0.1, 0.15) is 0 Å². The Kier molecular flexibility index (Phi) is 4.30. The van der Waals surface area contributed by atoms with Crippen molar-refractivity contribution in [2.45, 2.75) is 19.4 Å². The second-order valence-corrected chi connectivity index (χ2v) is 5.06. The average molecular weight is 254 g/mol. The fraction of sp³-hybridized carbons (Fsp3) is 0.571. The molecule has 0 bridgehead atoms. The van der Waals surface area contributed by atoms with Gasteiger partial charge in [0, 0.05) is 12.6 Å². The predicted octanol–water partition coefficient (Wildman–Crippen LogP) is 2.57. The van der Waals surface area contributed by atoms with Crippen LogP contribution in [0.1, 0.15) is 24.9 Å². The van der Waals surface area contributed by atoms with Gasteiger partial charge in [-0.25, -0.2) is 8.78 Å². The molecule has 2 unspecified atom stereocenters. The van der Waals surface area contributed by atoms with Crippen LogP contribution in [0.25, 0.3) is 0 Å². The fourth-order valence-electron chi connectivity index (χ4n) is 2.65. The Morgan fingerprint density at radius 3 is 2.83 bits per heavy atom. The summed E-state index contributed by atoms with van der Waals surface area (Å²) >= 11 is 0. The van der Waals surface area contributed by atoms with E-state index >= 15 is 0 Å². The second-order valence-electron chi connectivity index (χ2n) is 5.06. The van der Waals surface area contributed by atoms with Crippen molar-refractivity contribution in [1.82, 2.24) is 10.2 Å². The Labute approximate surface area is 107 Å². The number of benzene rings is 1. The molecule has 18 heavy (non-hydrogen) atoms. The van der Waals surface area contributed by atoms with Crippen molar-refractivity contribution in [3.63, 3.8) is 0 Å². The van der Waals surface area contributed by atoms with Crippen molar-refractivity contribution in [1.29, 1.82) is 0 Å². The minimum absolute atomic E-state index is 0.141. The van der Waals surface area contributed by atoms with Gasteiger partial charge < -0.3 is 5.32 Å². The molecule has 100 valence electrons. The Morgan fingerprint density at radius 1 is 1.39 bits per heavy atom. The van der Waals surface area contributed by atoms with Crippen LogP contribution < -0.4 is 5.32 Å². The van der Waals surface area contributed by atoms with Gasteiger partial charge in [-0.05, 0) is 57.1 Å². The van der Waals surface area contributed by atoms with Crippen LogP contribution >= 0.6 is 0 Å². The number of rotatable bonds is 4. The summed E-state index contributed by atoms with van der Waals surface area (Å²) in [7, 11) is 1.96. The highest BCUT2D eigenvalue weighted by molar-refractivity contribution is 5.21. The molecule has 0 saturated carbocycles. The van der Waals surface area contributed by atoms with Crippen LogP contribution in [0.15, 0.2) is 18.2 Å². The Morgan fingerprint density at radius 2 is 2.17 bits per heavy atom. The zero-order valence-corrected chi connectivity index (χ0v) is 10.9. The molecule has 1 saturated heterocycles. The highest BCUT2D eigenvalue weighted by Crippen LogP contribution is 2.27. The van der Waals surface area contributed by atoms with E-state index in [1.165, 1.54) is 12.1 Å². The van der Waals surface area contributed by atoms with Gasteiger partial charge in [0.2, 0.25) is 0 Å². The smallest absolute Gasteiger partial charge is 0.159 e. The van der Waals surface area contributed by atoms with Crippen LogP contribution in [0.2, 0.25) is 0 Å². The molecular weight excluding hydrogens is 234 g/mol. The zero-order valence-electron chi connectivity index (χ0n) is 10.9. The largest absolute Gasteiger partial charge is 0.319 e. The summed E-state index contributed by atoms with van der Waals surface area (Å²) in [6.45, 7) is 5.10. The number of nitrogens with one attached hydrogen (secondary N) is 1. The third kappa shape index (κ3) is 2.87. The fourth-order valence-corrected chi connectivity index (χ4v) is 2.65. The van der Waals surface area contributed by atoms with Crippen LogP contribution in [0, 0.1) is 17.6 Å². The van der Waals surface area contributed by atoms with Crippen molar-refractivity contribution in [2.75, 3.05) is 26.7 Å². The Bertz CT molecular complexity index is 409. The summed E-state index contributed by atoms with van der Waals surface area (Å²) in [5, 5.41) is 3.19. The third-order valence-electron chi connectivity index (χ3n) is 3.78. The first kappa shape index (κ1) is 13.4. The minimum Gasteiger partial charge on any atom is -0.319 e. The van der Waals surface area contributed by atoms with Crippen molar-refractivity contribution in [3.05, 3.63) is 35.4 Å². The van der Waals surface area contributed by atoms with E-state index in [-0.39, 0.29) is 6.04 Å². The second kappa shape index (κ2) is 5.76. The maximum Gasteiger partial charge on any atom is 0.159 e. The lowest BCUT2D eigenvalue weighted by molar-refractivity contribution is 0.251. The normalized spacial score (nSPS) is 22.3. The number of hydrogen-bond donors (Lipinski definition) is 1. The standard InChI is InChI=1S/C14H20F2N2/c1-10(12-3-4-13(15)14(16)7-12)18-6-5-11(9-18)8-17-2/h3-4,7,10-11,17H,5-6,8-9H2,1-2H3. The van der Waals surface area contributed by atoms with E-state index in [2.05, 4.69) is 17.1 Å². The van der Waals surface area contributed by atoms with E-state index in [9.17, 15) is 8.78 Å². The summed E-state index contributed by atoms with van der Waals surface area (Å²) in [5.74, 6) is -0.881. The molecule has 0 spiro atoms. The topological polar surface area (TPSA) is 15.3 Å². The number of nitrogens with zero attached hydrogens (tertiary/aromatic N) is 1. The van der Waals surface area contributed by atoms with Gasteiger partial charge in [0.05, 0.1) is 0 Å². The quantitative estimate of drug-likeness (QED) is 0.888. The summed E-state index contributed by atoms with van der Waals surface area (Å²) < 4.78 is 26.1. The monoisotopic (exact) mass is 254 g/mol. The third-order valence-corrected chi connectivity index (χ3v) is 3.78. The van der Waals surface area contributed by atoms with Crippen LogP contribution in [0.4, 0.5) is 8.78 Å². The van der Waals surface area contributed by atoms with Crippen LogP contribution in [-0.4, -0.2) is 31.6 Å². The first-order valence-corrected chi connectivity index (χ1v) is 6.45. The van der Waals surface area contributed by atoms with Gasteiger partial charge in [-0.2, -0.15) is 0 Å². The minimum atomic E-state index is -0.777. The van der Waals surface area contributed by atoms with Crippen LogP contribution in [-0.2, 0) is 0 Å². The van der Waals surface area contributed by atoms with Crippen LogP contribution in [0.3, 0.4) is 0 Å². The molecule has 2 nitrogen and oxygen atoms in total. The van der Waals surface area contributed by atoms with E-state index in [1.54, 1.807) is 6.07 Å². The van der Waals surface area contributed by atoms with E-state index in [1.807, 2.05) is 7.05 Å². The number of likely N-dealkylation sites (tertiary alicyclic amines) is 1. The van der Waals surface area contributed by atoms with E-state index in [0.717, 1.165) is 31.6 Å². The zero-order chi connectivity index (χ0) is 13.1. The summed E-state index contributed by atoms with van der Waals surface area (Å²) in [6.07, 6.45) is 1.16. The maximum absolute atomic E-state index is 13.2. The molecule has 0 aromatic heterocycles. The van der Waals surface area contributed by atoms with Gasteiger partial charge in [0.25, 0.3) is 0 Å². The maximum atomic E-state index is 13.2. The summed E-state index contributed by atoms with van der Waals surface area (Å²) in [4.78, 5) is 2.33. The average Bonchev–Trinajstić information content (AvgIpc) is 2.81. The SMILES string of the molecule is CNCC1CCN(C(C)c2ccc(F)c(F)c2)C1. The molecular formula is C14H20F2N2. The van der Waals surface area contributed by atoms with E-state index in [4.69, 9.17) is 0 Å². The molecule has 0 aliphatic carbocycles. The van der Waals surface area contributed by atoms with Gasteiger partial charge in [-0.1, -0.05) is 6.07 Å². The molecule has 2 rings (SSSR count). The van der Waals surface area contributed by atoms with Gasteiger partial charge >= 0.3 is 0 Å². The Balaban J connectivity index is 2.03. The molecule has 1 aromatic rings. The molecule has 0 amide bonds. The van der Waals surface area contributed by atoms with Gasteiger partial charge in [-0.3, -0.25) is 4.90 Å². The van der Waals surface area contributed by atoms with Crippen molar-refractivity contribution < 1.29 is 8.78 Å². The van der Waals surface area contributed by atoms with Gasteiger partial charge in [-0.15, -0.1) is 0 Å². The first-order chi connectivity index (χ1) is 8.61. The molecule has 1 fully saturated rings. The lowest BCUT2D eigenvalue weighted by atomic mass is 10.1. The summed E-state index contributed by atoms with van der Waals surface area (Å²) in [5.41, 5.74) is 0.846. The number of hydrogen-bond acceptors (Lipinski definition) is 2.